The van der Waals surface area contributed by atoms with Gasteiger partial charge in [-0.15, -0.1) is 0 Å². The largest absolute Gasteiger partial charge is 0.389 e. The fourth-order valence-corrected chi connectivity index (χ4v) is 2.07. The van der Waals surface area contributed by atoms with Crippen molar-refractivity contribution < 1.29 is 4.79 Å². The van der Waals surface area contributed by atoms with Crippen LogP contribution in [0, 0.1) is 0 Å². The first-order valence-electron chi connectivity index (χ1n) is 6.46. The Morgan fingerprint density at radius 2 is 1.95 bits per heavy atom. The number of nitrogens with two attached hydrogens (primary N) is 1. The fraction of sp³-hybridized carbons (Fsp3) is 0.429. The number of likely N-dealkylation sites (N-methyl/N-ethyl adjacent to an activating group) is 1. The van der Waals surface area contributed by atoms with Gasteiger partial charge in [0.2, 0.25) is 0 Å². The van der Waals surface area contributed by atoms with Crippen LogP contribution in [-0.2, 0) is 0 Å². The molecule has 1 aliphatic carbocycles. The Kier molecular flexibility index (Phi) is 4.50. The summed E-state index contributed by atoms with van der Waals surface area (Å²) in [6.07, 6.45) is 2.57. The molecule has 1 fully saturated rings. The van der Waals surface area contributed by atoms with Gasteiger partial charge in [0.25, 0.3) is 5.91 Å². The summed E-state index contributed by atoms with van der Waals surface area (Å²) >= 11 is 4.87. The average Bonchev–Trinajstić information content (AvgIpc) is 3.23. The van der Waals surface area contributed by atoms with Crippen LogP contribution in [0.2, 0.25) is 0 Å². The first-order chi connectivity index (χ1) is 9.08. The molecule has 0 bridgehead atoms. The van der Waals surface area contributed by atoms with Gasteiger partial charge >= 0.3 is 0 Å². The Balaban J connectivity index is 1.80. The molecule has 1 aliphatic rings. The third-order valence-electron chi connectivity index (χ3n) is 3.35. The molecule has 0 saturated heterocycles. The molecule has 4 nitrogen and oxygen atoms in total. The number of thiocarbonyl (C=S) groups is 1. The zero-order valence-electron chi connectivity index (χ0n) is 11.1. The molecular formula is C14H19N3OS. The maximum atomic E-state index is 11.9. The second kappa shape index (κ2) is 6.12. The Bertz CT molecular complexity index is 468. The van der Waals surface area contributed by atoms with Crippen molar-refractivity contribution >= 4 is 23.1 Å². The lowest BCUT2D eigenvalue weighted by atomic mass is 10.1. The third kappa shape index (κ3) is 4.01. The first kappa shape index (κ1) is 14.0. The van der Waals surface area contributed by atoms with Gasteiger partial charge in [-0.05, 0) is 32.0 Å². The number of nitrogens with one attached hydrogen (secondary N) is 1. The molecule has 0 atom stereocenters. The van der Waals surface area contributed by atoms with Gasteiger partial charge in [0.1, 0.15) is 4.99 Å². The number of amides is 1. The predicted molar refractivity (Wildman–Crippen MR) is 80.3 cm³/mol. The van der Waals surface area contributed by atoms with Crippen LogP contribution in [-0.4, -0.2) is 42.0 Å². The molecule has 0 aliphatic heterocycles. The van der Waals surface area contributed by atoms with E-state index in [1.54, 1.807) is 24.3 Å². The SMILES string of the molecule is CN(CCNC(=O)c1ccc(C(N)=S)cc1)C1CC1. The highest BCUT2D eigenvalue weighted by Gasteiger charge is 2.25. The summed E-state index contributed by atoms with van der Waals surface area (Å²) in [5.41, 5.74) is 6.92. The van der Waals surface area contributed by atoms with Crippen molar-refractivity contribution in [2.24, 2.45) is 5.73 Å². The zero-order valence-corrected chi connectivity index (χ0v) is 11.9. The molecule has 1 amide bonds. The van der Waals surface area contributed by atoms with Crippen LogP contribution in [0.5, 0.6) is 0 Å². The van der Waals surface area contributed by atoms with Crippen molar-refractivity contribution in [3.63, 3.8) is 0 Å². The predicted octanol–water partition coefficient (Wildman–Crippen LogP) is 1.14. The van der Waals surface area contributed by atoms with E-state index in [0.29, 0.717) is 17.1 Å². The van der Waals surface area contributed by atoms with Gasteiger partial charge in [-0.1, -0.05) is 24.4 Å². The van der Waals surface area contributed by atoms with Gasteiger partial charge in [-0.25, -0.2) is 0 Å². The normalized spacial score (nSPS) is 14.4. The quantitative estimate of drug-likeness (QED) is 0.766. The number of carbonyl (C=O) groups excluding carboxylic acids is 1. The molecule has 2 rings (SSSR count). The zero-order chi connectivity index (χ0) is 13.8. The summed E-state index contributed by atoms with van der Waals surface area (Å²) in [5, 5.41) is 2.92. The van der Waals surface area contributed by atoms with Crippen LogP contribution in [0.15, 0.2) is 24.3 Å². The number of rotatable bonds is 6. The number of carbonyl (C=O) groups is 1. The summed E-state index contributed by atoms with van der Waals surface area (Å²) in [6.45, 7) is 1.56. The maximum Gasteiger partial charge on any atom is 0.251 e. The van der Waals surface area contributed by atoms with Crippen molar-refractivity contribution in [3.8, 4) is 0 Å². The highest BCUT2D eigenvalue weighted by molar-refractivity contribution is 7.80. The Morgan fingerprint density at radius 1 is 1.37 bits per heavy atom. The van der Waals surface area contributed by atoms with Crippen LogP contribution in [0.3, 0.4) is 0 Å². The lowest BCUT2D eigenvalue weighted by molar-refractivity contribution is 0.0949. The number of hydrogen-bond acceptors (Lipinski definition) is 3. The van der Waals surface area contributed by atoms with Gasteiger partial charge in [-0.2, -0.15) is 0 Å². The highest BCUT2D eigenvalue weighted by atomic mass is 32.1. The van der Waals surface area contributed by atoms with Crippen molar-refractivity contribution in [1.82, 2.24) is 10.2 Å². The molecule has 1 aromatic rings. The van der Waals surface area contributed by atoms with Gasteiger partial charge < -0.3 is 16.0 Å². The van der Waals surface area contributed by atoms with Crippen molar-refractivity contribution in [2.75, 3.05) is 20.1 Å². The standard InChI is InChI=1S/C14H19N3OS/c1-17(12-6-7-12)9-8-16-14(18)11-4-2-10(3-5-11)13(15)19/h2-5,12H,6-9H2,1H3,(H2,15,19)(H,16,18). The van der Waals surface area contributed by atoms with E-state index in [9.17, 15) is 4.79 Å². The van der Waals surface area contributed by atoms with E-state index in [1.807, 2.05) is 0 Å². The Morgan fingerprint density at radius 3 is 2.47 bits per heavy atom. The summed E-state index contributed by atoms with van der Waals surface area (Å²) < 4.78 is 0. The summed E-state index contributed by atoms with van der Waals surface area (Å²) in [7, 11) is 2.10. The maximum absolute atomic E-state index is 11.9. The van der Waals surface area contributed by atoms with Crippen LogP contribution < -0.4 is 11.1 Å². The lowest BCUT2D eigenvalue weighted by Gasteiger charge is -2.15. The molecule has 0 heterocycles. The monoisotopic (exact) mass is 277 g/mol. The van der Waals surface area contributed by atoms with E-state index in [-0.39, 0.29) is 5.91 Å². The van der Waals surface area contributed by atoms with E-state index in [1.165, 1.54) is 12.8 Å². The number of nitrogens with zero attached hydrogens (tertiary/aromatic N) is 1. The molecule has 102 valence electrons. The minimum absolute atomic E-state index is 0.0568. The average molecular weight is 277 g/mol. The molecule has 3 N–H and O–H groups in total. The van der Waals surface area contributed by atoms with Crippen LogP contribution in [0.4, 0.5) is 0 Å². The first-order valence-corrected chi connectivity index (χ1v) is 6.87. The molecule has 0 spiro atoms. The van der Waals surface area contributed by atoms with Crippen LogP contribution in [0.25, 0.3) is 0 Å². The lowest BCUT2D eigenvalue weighted by Crippen LogP contribution is -2.33. The summed E-state index contributed by atoms with van der Waals surface area (Å²) in [6, 6.07) is 7.76. The van der Waals surface area contributed by atoms with Crippen LogP contribution >= 0.6 is 12.2 Å². The Hall–Kier alpha value is -1.46. The summed E-state index contributed by atoms with van der Waals surface area (Å²) in [5.74, 6) is -0.0568. The molecule has 0 unspecified atom stereocenters. The van der Waals surface area contributed by atoms with Crippen molar-refractivity contribution in [1.29, 1.82) is 0 Å². The highest BCUT2D eigenvalue weighted by Crippen LogP contribution is 2.24. The smallest absolute Gasteiger partial charge is 0.251 e. The second-order valence-corrected chi connectivity index (χ2v) is 5.35. The number of benzene rings is 1. The van der Waals surface area contributed by atoms with Crippen LogP contribution in [0.1, 0.15) is 28.8 Å². The van der Waals surface area contributed by atoms with Crippen molar-refractivity contribution in [3.05, 3.63) is 35.4 Å². The Labute approximate surface area is 119 Å². The molecule has 0 radical (unpaired) electrons. The molecule has 0 aromatic heterocycles. The van der Waals surface area contributed by atoms with E-state index in [2.05, 4.69) is 17.3 Å². The molecule has 1 saturated carbocycles. The molecule has 1 aromatic carbocycles. The van der Waals surface area contributed by atoms with E-state index >= 15 is 0 Å². The van der Waals surface area contributed by atoms with Gasteiger partial charge in [0.05, 0.1) is 0 Å². The van der Waals surface area contributed by atoms with Gasteiger partial charge in [0, 0.05) is 30.3 Å². The van der Waals surface area contributed by atoms with Crippen molar-refractivity contribution in [2.45, 2.75) is 18.9 Å². The fourth-order valence-electron chi connectivity index (χ4n) is 1.93. The van der Waals surface area contributed by atoms with E-state index < -0.39 is 0 Å². The minimum atomic E-state index is -0.0568. The number of hydrogen-bond donors (Lipinski definition) is 2. The molecule has 5 heteroatoms. The molecule has 19 heavy (non-hydrogen) atoms. The third-order valence-corrected chi connectivity index (χ3v) is 3.59. The topological polar surface area (TPSA) is 58.4 Å². The van der Waals surface area contributed by atoms with E-state index in [0.717, 1.165) is 18.2 Å². The van der Waals surface area contributed by atoms with E-state index in [4.69, 9.17) is 18.0 Å². The minimum Gasteiger partial charge on any atom is -0.389 e. The second-order valence-electron chi connectivity index (χ2n) is 4.91. The van der Waals surface area contributed by atoms with Gasteiger partial charge in [0.15, 0.2) is 0 Å². The summed E-state index contributed by atoms with van der Waals surface area (Å²) in [4.78, 5) is 14.5. The molecular weight excluding hydrogens is 258 g/mol. The van der Waals surface area contributed by atoms with Gasteiger partial charge in [-0.3, -0.25) is 4.79 Å².